The van der Waals surface area contributed by atoms with Crippen LogP contribution in [0.25, 0.3) is 0 Å². The number of benzene rings is 1. The molecule has 0 bridgehead atoms. The van der Waals surface area contributed by atoms with Crippen molar-refractivity contribution in [3.63, 3.8) is 0 Å². The van der Waals surface area contributed by atoms with Crippen LogP contribution >= 0.6 is 24.0 Å². The van der Waals surface area contributed by atoms with Crippen LogP contribution in [0.3, 0.4) is 0 Å². The summed E-state index contributed by atoms with van der Waals surface area (Å²) in [6.45, 7) is 8.41. The van der Waals surface area contributed by atoms with Gasteiger partial charge in [0.25, 0.3) is 0 Å². The van der Waals surface area contributed by atoms with Crippen LogP contribution in [0.15, 0.2) is 35.3 Å². The molecule has 2 heterocycles. The number of likely N-dealkylation sites (tertiary alicyclic amines) is 1. The quantitative estimate of drug-likeness (QED) is 0.215. The van der Waals surface area contributed by atoms with E-state index in [-0.39, 0.29) is 24.0 Å². The Morgan fingerprint density at radius 1 is 1.25 bits per heavy atom. The van der Waals surface area contributed by atoms with Crippen molar-refractivity contribution < 1.29 is 4.74 Å². The number of guanidine groups is 1. The lowest BCUT2D eigenvalue weighted by Gasteiger charge is -2.38. The van der Waals surface area contributed by atoms with Crippen LogP contribution in [-0.4, -0.2) is 64.5 Å². The number of rotatable bonds is 9. The summed E-state index contributed by atoms with van der Waals surface area (Å²) in [7, 11) is 3.71. The van der Waals surface area contributed by atoms with Crippen LogP contribution in [0.2, 0.25) is 0 Å². The molecule has 2 N–H and O–H groups in total. The van der Waals surface area contributed by atoms with E-state index in [2.05, 4.69) is 63.0 Å². The van der Waals surface area contributed by atoms with E-state index >= 15 is 0 Å². The Kier molecular flexibility index (Phi) is 11.4. The maximum Gasteiger partial charge on any atom is 0.191 e. The Balaban J connectivity index is 0.00000363. The van der Waals surface area contributed by atoms with Crippen LogP contribution in [0.4, 0.5) is 0 Å². The predicted molar refractivity (Wildman–Crippen MR) is 139 cm³/mol. The number of nitrogens with one attached hydrogen (secondary N) is 2. The first-order valence-corrected chi connectivity index (χ1v) is 11.2. The smallest absolute Gasteiger partial charge is 0.191 e. The molecule has 1 aromatic heterocycles. The summed E-state index contributed by atoms with van der Waals surface area (Å²) in [6, 6.07) is 11.6. The fourth-order valence-electron chi connectivity index (χ4n) is 3.91. The van der Waals surface area contributed by atoms with Crippen LogP contribution in [-0.2, 0) is 24.9 Å². The second kappa shape index (κ2) is 13.7. The molecule has 1 fully saturated rings. The van der Waals surface area contributed by atoms with E-state index in [9.17, 15) is 0 Å². The Bertz CT molecular complexity index is 827. The molecule has 0 aliphatic carbocycles. The van der Waals surface area contributed by atoms with E-state index in [0.717, 1.165) is 63.1 Å². The monoisotopic (exact) mass is 555 g/mol. The van der Waals surface area contributed by atoms with Crippen molar-refractivity contribution in [3.05, 3.63) is 47.5 Å². The summed E-state index contributed by atoms with van der Waals surface area (Å²) in [4.78, 5) is 7.36. The minimum Gasteiger partial charge on any atom is -0.385 e. The lowest BCUT2D eigenvalue weighted by Crippen LogP contribution is -2.51. The first-order valence-electron chi connectivity index (χ1n) is 11.2. The highest BCUT2D eigenvalue weighted by Gasteiger charge is 2.26. The highest BCUT2D eigenvalue weighted by molar-refractivity contribution is 14.0. The molecular formula is C23H38IN7O. The summed E-state index contributed by atoms with van der Waals surface area (Å²) in [6.07, 6.45) is 3.12. The average molecular weight is 556 g/mol. The maximum atomic E-state index is 5.17. The molecule has 0 radical (unpaired) electrons. The number of aromatic nitrogens is 3. The molecule has 0 amide bonds. The number of nitrogens with zero attached hydrogens (tertiary/aromatic N) is 5. The molecule has 32 heavy (non-hydrogen) atoms. The third-order valence-corrected chi connectivity index (χ3v) is 5.96. The molecule has 2 unspecified atom stereocenters. The number of hydrogen-bond acceptors (Lipinski definition) is 5. The third-order valence-electron chi connectivity index (χ3n) is 5.96. The van der Waals surface area contributed by atoms with Crippen LogP contribution < -0.4 is 10.6 Å². The molecule has 1 aliphatic rings. The summed E-state index contributed by atoms with van der Waals surface area (Å²) >= 11 is 0. The van der Waals surface area contributed by atoms with Crippen molar-refractivity contribution in [2.45, 2.75) is 58.3 Å². The Labute approximate surface area is 209 Å². The molecule has 0 spiro atoms. The molecule has 3 rings (SSSR count). The summed E-state index contributed by atoms with van der Waals surface area (Å²) in [5.41, 5.74) is 1.38. The van der Waals surface area contributed by atoms with Crippen LogP contribution in [0.1, 0.15) is 43.4 Å². The zero-order valence-corrected chi connectivity index (χ0v) is 22.1. The van der Waals surface area contributed by atoms with Crippen molar-refractivity contribution in [2.75, 3.05) is 26.8 Å². The first-order chi connectivity index (χ1) is 15.1. The SMILES string of the molecule is COCCCNC(=NCc1nnc(C)n1C)NC1CCN(Cc2ccccc2)C(C)C1.I. The topological polar surface area (TPSA) is 79.6 Å². The van der Waals surface area contributed by atoms with Gasteiger partial charge >= 0.3 is 0 Å². The normalized spacial score (nSPS) is 19.4. The number of aryl methyl sites for hydroxylation is 1. The maximum absolute atomic E-state index is 5.17. The number of hydrogen-bond donors (Lipinski definition) is 2. The second-order valence-electron chi connectivity index (χ2n) is 8.33. The molecule has 1 aliphatic heterocycles. The summed E-state index contributed by atoms with van der Waals surface area (Å²) in [5, 5.41) is 15.5. The van der Waals surface area contributed by atoms with E-state index in [1.165, 1.54) is 5.56 Å². The molecule has 8 nitrogen and oxygen atoms in total. The van der Waals surface area contributed by atoms with E-state index in [0.29, 0.717) is 18.6 Å². The minimum absolute atomic E-state index is 0. The lowest BCUT2D eigenvalue weighted by atomic mass is 9.97. The van der Waals surface area contributed by atoms with Crippen molar-refractivity contribution >= 4 is 29.9 Å². The Hall–Kier alpha value is -1.72. The van der Waals surface area contributed by atoms with Crippen molar-refractivity contribution in [2.24, 2.45) is 12.0 Å². The van der Waals surface area contributed by atoms with Crippen LogP contribution in [0, 0.1) is 6.92 Å². The molecule has 1 saturated heterocycles. The summed E-state index contributed by atoms with van der Waals surface area (Å²) < 4.78 is 7.15. The van der Waals surface area contributed by atoms with Gasteiger partial charge in [-0.2, -0.15) is 0 Å². The van der Waals surface area contributed by atoms with E-state index in [1.807, 2.05) is 18.5 Å². The zero-order valence-electron chi connectivity index (χ0n) is 19.8. The van der Waals surface area contributed by atoms with Gasteiger partial charge in [0.1, 0.15) is 12.4 Å². The number of aliphatic imine (C=N–C) groups is 1. The number of piperidine rings is 1. The molecule has 9 heteroatoms. The highest BCUT2D eigenvalue weighted by Crippen LogP contribution is 2.20. The Morgan fingerprint density at radius 3 is 2.69 bits per heavy atom. The highest BCUT2D eigenvalue weighted by atomic mass is 127. The Morgan fingerprint density at radius 2 is 2.03 bits per heavy atom. The van der Waals surface area contributed by atoms with Crippen molar-refractivity contribution in [3.8, 4) is 0 Å². The van der Waals surface area contributed by atoms with E-state index in [4.69, 9.17) is 9.73 Å². The first kappa shape index (κ1) is 26.5. The predicted octanol–water partition coefficient (Wildman–Crippen LogP) is 2.87. The fourth-order valence-corrected chi connectivity index (χ4v) is 3.91. The van der Waals surface area contributed by atoms with Gasteiger partial charge in [-0.1, -0.05) is 30.3 Å². The minimum atomic E-state index is 0. The van der Waals surface area contributed by atoms with E-state index < -0.39 is 0 Å². The largest absolute Gasteiger partial charge is 0.385 e. The molecule has 1 aromatic carbocycles. The standard InChI is InChI=1S/C23H37N7O.HI/c1-18-15-21(11-13-30(18)17-20-9-6-5-7-10-20)26-23(24-12-8-14-31-4)25-16-22-28-27-19(2)29(22)3;/h5-7,9-10,18,21H,8,11-17H2,1-4H3,(H2,24,25,26);1H. The number of halogens is 1. The van der Waals surface area contributed by atoms with E-state index in [1.54, 1.807) is 7.11 Å². The van der Waals surface area contributed by atoms with Gasteiger partial charge in [0.05, 0.1) is 0 Å². The molecule has 178 valence electrons. The third kappa shape index (κ3) is 8.00. The second-order valence-corrected chi connectivity index (χ2v) is 8.33. The molecule has 2 aromatic rings. The van der Waals surface area contributed by atoms with Gasteiger partial charge in [0.15, 0.2) is 11.8 Å². The molecular weight excluding hydrogens is 517 g/mol. The number of methoxy groups -OCH3 is 1. The van der Waals surface area contributed by atoms with Gasteiger partial charge in [-0.25, -0.2) is 4.99 Å². The van der Waals surface area contributed by atoms with Gasteiger partial charge in [-0.15, -0.1) is 34.2 Å². The van der Waals surface area contributed by atoms with Gasteiger partial charge in [0, 0.05) is 52.5 Å². The molecule has 0 saturated carbocycles. The summed E-state index contributed by atoms with van der Waals surface area (Å²) in [5.74, 6) is 2.60. The van der Waals surface area contributed by atoms with Crippen LogP contribution in [0.5, 0.6) is 0 Å². The van der Waals surface area contributed by atoms with Gasteiger partial charge in [-0.3, -0.25) is 4.90 Å². The number of ether oxygens (including phenoxy) is 1. The van der Waals surface area contributed by atoms with Gasteiger partial charge < -0.3 is 19.9 Å². The zero-order chi connectivity index (χ0) is 22.1. The van der Waals surface area contributed by atoms with Crippen molar-refractivity contribution in [1.82, 2.24) is 30.3 Å². The lowest BCUT2D eigenvalue weighted by molar-refractivity contribution is 0.134. The van der Waals surface area contributed by atoms with Gasteiger partial charge in [-0.05, 0) is 38.7 Å². The fraction of sp³-hybridized carbons (Fsp3) is 0.609. The molecule has 2 atom stereocenters. The van der Waals surface area contributed by atoms with Crippen molar-refractivity contribution in [1.29, 1.82) is 0 Å². The average Bonchev–Trinajstić information content (AvgIpc) is 3.09. The van der Waals surface area contributed by atoms with Gasteiger partial charge in [0.2, 0.25) is 0 Å².